The zero-order valence-corrected chi connectivity index (χ0v) is 16.8. The van der Waals surface area contributed by atoms with Gasteiger partial charge in [0.05, 0.1) is 12.1 Å². The third-order valence-corrected chi connectivity index (χ3v) is 4.14. The van der Waals surface area contributed by atoms with Crippen molar-refractivity contribution < 1.29 is 4.79 Å². The number of hydrogen-bond acceptors (Lipinski definition) is 4. The van der Waals surface area contributed by atoms with E-state index >= 15 is 0 Å². The molecule has 6 nitrogen and oxygen atoms in total. The van der Waals surface area contributed by atoms with Crippen LogP contribution in [-0.4, -0.2) is 27.7 Å². The van der Waals surface area contributed by atoms with Crippen LogP contribution in [0.2, 0.25) is 0 Å². The summed E-state index contributed by atoms with van der Waals surface area (Å²) in [6, 6.07) is 6.89. The Morgan fingerprint density at radius 3 is 2.76 bits per heavy atom. The zero-order valence-electron chi connectivity index (χ0n) is 16.8. The molecule has 0 aliphatic heterocycles. The lowest BCUT2D eigenvalue weighted by Crippen LogP contribution is -2.28. The number of allylic oxidation sites excluding steroid dienone is 5. The number of nitrogens with one attached hydrogen (secondary N) is 2. The molecule has 0 atom stereocenters. The maximum absolute atomic E-state index is 12.2. The number of hydrogen-bond donors (Lipinski definition) is 2. The minimum absolute atomic E-state index is 0.0347. The van der Waals surface area contributed by atoms with Crippen molar-refractivity contribution in [3.05, 3.63) is 100 Å². The van der Waals surface area contributed by atoms with Crippen LogP contribution < -0.4 is 10.9 Å². The Morgan fingerprint density at radius 2 is 2.07 bits per heavy atom. The molecule has 0 aromatic carbocycles. The molecule has 2 rings (SSSR count). The quantitative estimate of drug-likeness (QED) is 0.509. The van der Waals surface area contributed by atoms with Crippen LogP contribution in [0.5, 0.6) is 0 Å². The summed E-state index contributed by atoms with van der Waals surface area (Å²) >= 11 is 0. The molecule has 0 saturated carbocycles. The number of amides is 1. The smallest absolute Gasteiger partial charge is 0.253 e. The van der Waals surface area contributed by atoms with E-state index in [2.05, 4.69) is 16.9 Å². The fraction of sp³-hybridized carbons (Fsp3) is 0.217. The van der Waals surface area contributed by atoms with Gasteiger partial charge in [0.25, 0.3) is 11.5 Å². The topological polar surface area (TPSA) is 87.8 Å². The highest BCUT2D eigenvalue weighted by molar-refractivity contribution is 5.96. The standard InChI is InChI=1S/C23H26N4O2/c1-4-19(9-8-17(2)16-27-10-6-5-7-22(27)28)11-20-12-21(15-25-14-20)23(29)26-13-18(3)24/h4-10,12,14-15,24H,1,11,13,16H2,2-3H3,(H,26,29)/b17-8+,19-9+,24-18?. The van der Waals surface area contributed by atoms with Crippen LogP contribution in [0.25, 0.3) is 0 Å². The van der Waals surface area contributed by atoms with Crippen molar-refractivity contribution in [2.24, 2.45) is 0 Å². The van der Waals surface area contributed by atoms with Crippen molar-refractivity contribution >= 4 is 11.6 Å². The third-order valence-electron chi connectivity index (χ3n) is 4.14. The van der Waals surface area contributed by atoms with Gasteiger partial charge in [-0.25, -0.2) is 0 Å². The summed E-state index contributed by atoms with van der Waals surface area (Å²) in [6.45, 7) is 8.20. The van der Waals surface area contributed by atoms with E-state index in [4.69, 9.17) is 5.41 Å². The molecule has 29 heavy (non-hydrogen) atoms. The third kappa shape index (κ3) is 7.18. The second-order valence-electron chi connectivity index (χ2n) is 6.85. The van der Waals surface area contributed by atoms with Crippen molar-refractivity contribution in [1.82, 2.24) is 14.9 Å². The lowest BCUT2D eigenvalue weighted by atomic mass is 10.0. The molecule has 0 bridgehead atoms. The SMILES string of the molecule is C=C/C(=C\C=C(/C)Cn1ccccc1=O)Cc1cncc(C(=O)NCC(C)=N)c1. The summed E-state index contributed by atoms with van der Waals surface area (Å²) in [5, 5.41) is 10.1. The molecule has 2 N–H and O–H groups in total. The first-order valence-electron chi connectivity index (χ1n) is 9.29. The maximum atomic E-state index is 12.2. The molecular weight excluding hydrogens is 364 g/mol. The Labute approximate surface area is 170 Å². The summed E-state index contributed by atoms with van der Waals surface area (Å²) in [5.41, 5.74) is 3.71. The van der Waals surface area contributed by atoms with Gasteiger partial charge >= 0.3 is 0 Å². The summed E-state index contributed by atoms with van der Waals surface area (Å²) in [6.07, 6.45) is 11.3. The second kappa shape index (κ2) is 10.7. The van der Waals surface area contributed by atoms with E-state index in [1.807, 2.05) is 25.1 Å². The van der Waals surface area contributed by atoms with Gasteiger partial charge in [0, 0.05) is 36.9 Å². The van der Waals surface area contributed by atoms with Crippen LogP contribution >= 0.6 is 0 Å². The Kier molecular flexibility index (Phi) is 8.03. The van der Waals surface area contributed by atoms with Gasteiger partial charge in [0.2, 0.25) is 0 Å². The van der Waals surface area contributed by atoms with Crippen molar-refractivity contribution in [3.63, 3.8) is 0 Å². The van der Waals surface area contributed by atoms with E-state index in [9.17, 15) is 9.59 Å². The highest BCUT2D eigenvalue weighted by Gasteiger charge is 2.07. The number of aromatic nitrogens is 2. The Hall–Kier alpha value is -3.54. The lowest BCUT2D eigenvalue weighted by molar-refractivity contribution is 0.0958. The van der Waals surface area contributed by atoms with Crippen molar-refractivity contribution in [2.45, 2.75) is 26.8 Å². The molecule has 0 aliphatic carbocycles. The molecule has 150 valence electrons. The molecule has 0 aliphatic rings. The maximum Gasteiger partial charge on any atom is 0.253 e. The highest BCUT2D eigenvalue weighted by Crippen LogP contribution is 2.11. The molecule has 0 fully saturated rings. The number of pyridine rings is 2. The fourth-order valence-electron chi connectivity index (χ4n) is 2.62. The predicted molar refractivity (Wildman–Crippen MR) is 116 cm³/mol. The van der Waals surface area contributed by atoms with Crippen LogP contribution in [0.4, 0.5) is 0 Å². The lowest BCUT2D eigenvalue weighted by Gasteiger charge is -2.07. The average Bonchev–Trinajstić information content (AvgIpc) is 2.71. The van der Waals surface area contributed by atoms with E-state index in [1.165, 1.54) is 12.3 Å². The second-order valence-corrected chi connectivity index (χ2v) is 6.85. The molecule has 2 heterocycles. The Balaban J connectivity index is 2.08. The van der Waals surface area contributed by atoms with Crippen LogP contribution in [0, 0.1) is 5.41 Å². The van der Waals surface area contributed by atoms with Gasteiger partial charge in [-0.05, 0) is 43.5 Å². The van der Waals surface area contributed by atoms with Gasteiger partial charge in [-0.15, -0.1) is 0 Å². The molecule has 0 spiro atoms. The molecule has 0 saturated heterocycles. The van der Waals surface area contributed by atoms with Gasteiger partial charge in [0.1, 0.15) is 0 Å². The van der Waals surface area contributed by atoms with Crippen LogP contribution in [0.1, 0.15) is 29.8 Å². The zero-order chi connectivity index (χ0) is 21.2. The predicted octanol–water partition coefficient (Wildman–Crippen LogP) is 3.31. The summed E-state index contributed by atoms with van der Waals surface area (Å²) in [7, 11) is 0. The van der Waals surface area contributed by atoms with E-state index < -0.39 is 0 Å². The molecule has 6 heteroatoms. The van der Waals surface area contributed by atoms with Crippen molar-refractivity contribution in [3.8, 4) is 0 Å². The monoisotopic (exact) mass is 390 g/mol. The van der Waals surface area contributed by atoms with Gasteiger partial charge in [-0.1, -0.05) is 36.4 Å². The molecule has 0 radical (unpaired) electrons. The van der Waals surface area contributed by atoms with E-state index in [0.29, 0.717) is 24.2 Å². The summed E-state index contributed by atoms with van der Waals surface area (Å²) in [5.74, 6) is -0.251. The molecular formula is C23H26N4O2. The molecule has 1 amide bonds. The largest absolute Gasteiger partial charge is 0.347 e. The normalized spacial score (nSPS) is 11.8. The van der Waals surface area contributed by atoms with E-state index in [0.717, 1.165) is 16.7 Å². The van der Waals surface area contributed by atoms with Crippen LogP contribution in [-0.2, 0) is 13.0 Å². The van der Waals surface area contributed by atoms with E-state index in [-0.39, 0.29) is 18.0 Å². The highest BCUT2D eigenvalue weighted by atomic mass is 16.1. The van der Waals surface area contributed by atoms with Crippen molar-refractivity contribution in [1.29, 1.82) is 5.41 Å². The Bertz CT molecular complexity index is 1020. The summed E-state index contributed by atoms with van der Waals surface area (Å²) < 4.78 is 1.65. The number of carbonyl (C=O) groups is 1. The molecule has 2 aromatic rings. The average molecular weight is 390 g/mol. The van der Waals surface area contributed by atoms with Gasteiger partial charge in [-0.3, -0.25) is 14.6 Å². The van der Waals surface area contributed by atoms with Crippen LogP contribution in [0.3, 0.4) is 0 Å². The first-order valence-corrected chi connectivity index (χ1v) is 9.29. The number of carbonyl (C=O) groups excluding carboxylic acids is 1. The first-order chi connectivity index (χ1) is 13.9. The van der Waals surface area contributed by atoms with E-state index in [1.54, 1.807) is 42.1 Å². The van der Waals surface area contributed by atoms with Gasteiger partial charge in [0.15, 0.2) is 0 Å². The fourth-order valence-corrected chi connectivity index (χ4v) is 2.62. The van der Waals surface area contributed by atoms with Crippen molar-refractivity contribution in [2.75, 3.05) is 6.54 Å². The molecule has 2 aromatic heterocycles. The minimum Gasteiger partial charge on any atom is -0.347 e. The molecule has 0 unspecified atom stereocenters. The van der Waals surface area contributed by atoms with Crippen LogP contribution in [0.15, 0.2) is 83.6 Å². The van der Waals surface area contributed by atoms with Gasteiger partial charge < -0.3 is 15.3 Å². The number of rotatable bonds is 9. The minimum atomic E-state index is -0.251. The Morgan fingerprint density at radius 1 is 1.28 bits per heavy atom. The summed E-state index contributed by atoms with van der Waals surface area (Å²) in [4.78, 5) is 28.1. The first kappa shape index (κ1) is 21.8. The number of nitrogens with zero attached hydrogens (tertiary/aromatic N) is 2. The van der Waals surface area contributed by atoms with Gasteiger partial charge in [-0.2, -0.15) is 0 Å².